The molecule has 2 fully saturated rings. The average Bonchev–Trinajstić information content (AvgIpc) is 3.10. The Morgan fingerprint density at radius 2 is 1.75 bits per heavy atom. The Balaban J connectivity index is 1.91. The van der Waals surface area contributed by atoms with E-state index < -0.39 is 7.12 Å². The lowest BCUT2D eigenvalue weighted by molar-refractivity contribution is 0.00578. The highest BCUT2D eigenvalue weighted by Crippen LogP contribution is 2.38. The zero-order chi connectivity index (χ0) is 14.5. The lowest BCUT2D eigenvalue weighted by Gasteiger charge is -2.32. The maximum Gasteiger partial charge on any atom is 0.498 e. The lowest BCUT2D eigenvalue weighted by atomic mass is 9.78. The molecule has 1 saturated heterocycles. The molecule has 3 nitrogen and oxygen atoms in total. The summed E-state index contributed by atoms with van der Waals surface area (Å²) in [5.41, 5.74) is 0.149. The van der Waals surface area contributed by atoms with Gasteiger partial charge >= 0.3 is 7.12 Å². The van der Waals surface area contributed by atoms with E-state index in [0.29, 0.717) is 11.1 Å². The summed E-state index contributed by atoms with van der Waals surface area (Å²) in [6.45, 7) is 8.16. The molecule has 1 aromatic rings. The predicted molar refractivity (Wildman–Crippen MR) is 80.8 cm³/mol. The van der Waals surface area contributed by atoms with Crippen molar-refractivity contribution in [2.75, 3.05) is 0 Å². The van der Waals surface area contributed by atoms with Crippen LogP contribution in [0.1, 0.15) is 40.5 Å². The third-order valence-corrected chi connectivity index (χ3v) is 4.53. The van der Waals surface area contributed by atoms with Gasteiger partial charge in [0.05, 0.1) is 17.3 Å². The van der Waals surface area contributed by atoms with Gasteiger partial charge in [0.2, 0.25) is 0 Å². The van der Waals surface area contributed by atoms with E-state index >= 15 is 0 Å². The van der Waals surface area contributed by atoms with Gasteiger partial charge in [0.15, 0.2) is 0 Å². The third-order valence-electron chi connectivity index (χ3n) is 4.30. The van der Waals surface area contributed by atoms with E-state index in [4.69, 9.17) is 25.6 Å². The molecule has 0 bridgehead atoms. The molecular formula is C15H20BClO3. The fraction of sp³-hybridized carbons (Fsp3) is 0.600. The highest BCUT2D eigenvalue weighted by Gasteiger charge is 2.52. The van der Waals surface area contributed by atoms with Crippen LogP contribution >= 0.6 is 11.6 Å². The summed E-state index contributed by atoms with van der Waals surface area (Å²) in [6, 6.07) is 5.62. The van der Waals surface area contributed by atoms with Gasteiger partial charge in [-0.25, -0.2) is 0 Å². The van der Waals surface area contributed by atoms with Gasteiger partial charge in [-0.15, -0.1) is 0 Å². The normalized spacial score (nSPS) is 23.9. The molecule has 1 heterocycles. The molecule has 5 heteroatoms. The van der Waals surface area contributed by atoms with Crippen LogP contribution in [0.3, 0.4) is 0 Å². The highest BCUT2D eigenvalue weighted by molar-refractivity contribution is 6.63. The number of rotatable bonds is 3. The Morgan fingerprint density at radius 1 is 1.15 bits per heavy atom. The molecule has 0 radical (unpaired) electrons. The Labute approximate surface area is 125 Å². The van der Waals surface area contributed by atoms with Gasteiger partial charge in [-0.2, -0.15) is 0 Å². The van der Waals surface area contributed by atoms with Crippen LogP contribution in [0.2, 0.25) is 5.02 Å². The fourth-order valence-corrected chi connectivity index (χ4v) is 2.33. The summed E-state index contributed by atoms with van der Waals surface area (Å²) in [4.78, 5) is 0. The van der Waals surface area contributed by atoms with Crippen LogP contribution in [-0.2, 0) is 9.31 Å². The molecule has 3 rings (SSSR count). The molecule has 20 heavy (non-hydrogen) atoms. The van der Waals surface area contributed by atoms with Crippen molar-refractivity contribution in [2.45, 2.75) is 57.8 Å². The van der Waals surface area contributed by atoms with Crippen LogP contribution in [0.15, 0.2) is 18.2 Å². The highest BCUT2D eigenvalue weighted by atomic mass is 35.5. The predicted octanol–water partition coefficient (Wildman–Crippen LogP) is 3.18. The van der Waals surface area contributed by atoms with E-state index in [-0.39, 0.29) is 11.2 Å². The van der Waals surface area contributed by atoms with Crippen LogP contribution in [0.4, 0.5) is 0 Å². The number of halogens is 1. The molecule has 0 spiro atoms. The van der Waals surface area contributed by atoms with E-state index in [1.807, 2.05) is 45.9 Å². The molecule has 0 N–H and O–H groups in total. The minimum absolute atomic E-state index is 0.331. The second-order valence-corrected chi connectivity index (χ2v) is 7.02. The van der Waals surface area contributed by atoms with Gasteiger partial charge < -0.3 is 14.0 Å². The molecule has 0 unspecified atom stereocenters. The smallest absolute Gasteiger partial charge is 0.491 e. The zero-order valence-corrected chi connectivity index (χ0v) is 13.2. The summed E-state index contributed by atoms with van der Waals surface area (Å²) in [7, 11) is -0.438. The summed E-state index contributed by atoms with van der Waals surface area (Å²) in [5, 5.41) is 0.665. The van der Waals surface area contributed by atoms with Crippen LogP contribution in [0.25, 0.3) is 0 Å². The first-order valence-electron chi connectivity index (χ1n) is 7.10. The Morgan fingerprint density at radius 3 is 2.30 bits per heavy atom. The molecule has 0 aromatic heterocycles. The van der Waals surface area contributed by atoms with Crippen LogP contribution in [0.5, 0.6) is 5.75 Å². The molecule has 0 amide bonds. The molecule has 1 aliphatic heterocycles. The molecule has 2 aliphatic rings. The lowest BCUT2D eigenvalue weighted by Crippen LogP contribution is -2.41. The summed E-state index contributed by atoms with van der Waals surface area (Å²) >= 11 is 6.12. The maximum absolute atomic E-state index is 6.12. The Kier molecular flexibility index (Phi) is 3.31. The van der Waals surface area contributed by atoms with E-state index in [1.165, 1.54) is 0 Å². The molecule has 0 atom stereocenters. The van der Waals surface area contributed by atoms with Gasteiger partial charge in [0.1, 0.15) is 5.75 Å². The second-order valence-electron chi connectivity index (χ2n) is 6.59. The molecule has 1 aromatic carbocycles. The topological polar surface area (TPSA) is 27.7 Å². The van der Waals surface area contributed by atoms with Crippen molar-refractivity contribution in [1.29, 1.82) is 0 Å². The zero-order valence-electron chi connectivity index (χ0n) is 12.4. The van der Waals surface area contributed by atoms with Gasteiger partial charge in [-0.05, 0) is 58.7 Å². The Bertz CT molecular complexity index is 510. The average molecular weight is 295 g/mol. The number of ether oxygens (including phenoxy) is 1. The van der Waals surface area contributed by atoms with Gasteiger partial charge in [-0.1, -0.05) is 11.6 Å². The van der Waals surface area contributed by atoms with E-state index in [0.717, 1.165) is 24.1 Å². The Hall–Kier alpha value is -0.705. The van der Waals surface area contributed by atoms with Crippen molar-refractivity contribution in [1.82, 2.24) is 0 Å². The van der Waals surface area contributed by atoms with Crippen molar-refractivity contribution in [3.8, 4) is 5.75 Å². The largest absolute Gasteiger partial charge is 0.498 e. The van der Waals surface area contributed by atoms with E-state index in [9.17, 15) is 0 Å². The minimum Gasteiger partial charge on any atom is -0.491 e. The maximum atomic E-state index is 6.12. The van der Waals surface area contributed by atoms with Gasteiger partial charge in [-0.3, -0.25) is 0 Å². The summed E-state index contributed by atoms with van der Waals surface area (Å²) < 4.78 is 18.1. The number of benzene rings is 1. The first-order valence-corrected chi connectivity index (χ1v) is 7.48. The van der Waals surface area contributed by atoms with Crippen molar-refractivity contribution >= 4 is 24.2 Å². The number of hydrogen-bond acceptors (Lipinski definition) is 3. The van der Waals surface area contributed by atoms with Crippen molar-refractivity contribution in [2.24, 2.45) is 0 Å². The van der Waals surface area contributed by atoms with Crippen LogP contribution in [-0.4, -0.2) is 24.4 Å². The van der Waals surface area contributed by atoms with E-state index in [2.05, 4.69) is 0 Å². The molecular weight excluding hydrogens is 274 g/mol. The van der Waals surface area contributed by atoms with Crippen LogP contribution in [0, 0.1) is 0 Å². The third kappa shape index (κ3) is 2.57. The summed E-state index contributed by atoms with van der Waals surface area (Å²) in [6.07, 6.45) is 2.56. The standard InChI is InChI=1S/C15H20BClO3/c1-14(2)15(3,4)20-16(19-14)12-9-10(17)5-8-13(12)18-11-6-7-11/h5,8-9,11H,6-7H2,1-4H3. The SMILES string of the molecule is CC1(C)OB(c2cc(Cl)ccc2OC2CC2)OC1(C)C. The van der Waals surface area contributed by atoms with Crippen molar-refractivity contribution in [3.63, 3.8) is 0 Å². The van der Waals surface area contributed by atoms with Crippen molar-refractivity contribution in [3.05, 3.63) is 23.2 Å². The minimum atomic E-state index is -0.438. The second kappa shape index (κ2) is 4.65. The molecule has 1 saturated carbocycles. The van der Waals surface area contributed by atoms with Gasteiger partial charge in [0, 0.05) is 10.5 Å². The first-order chi connectivity index (χ1) is 9.28. The number of hydrogen-bond donors (Lipinski definition) is 0. The molecule has 108 valence electrons. The van der Waals surface area contributed by atoms with Gasteiger partial charge in [0.25, 0.3) is 0 Å². The quantitative estimate of drug-likeness (QED) is 0.801. The molecule has 1 aliphatic carbocycles. The monoisotopic (exact) mass is 294 g/mol. The van der Waals surface area contributed by atoms with Crippen LogP contribution < -0.4 is 10.2 Å². The summed E-state index contributed by atoms with van der Waals surface area (Å²) in [5.74, 6) is 0.815. The fourth-order valence-electron chi connectivity index (χ4n) is 2.15. The van der Waals surface area contributed by atoms with E-state index in [1.54, 1.807) is 0 Å². The van der Waals surface area contributed by atoms with Crippen molar-refractivity contribution < 1.29 is 14.0 Å². The first kappa shape index (κ1) is 14.2.